The van der Waals surface area contributed by atoms with Crippen LogP contribution >= 0.6 is 0 Å². The van der Waals surface area contributed by atoms with Crippen molar-refractivity contribution in [2.45, 2.75) is 25.3 Å². The van der Waals surface area contributed by atoms with Crippen LogP contribution in [0.4, 0.5) is 5.69 Å². The zero-order chi connectivity index (χ0) is 12.4. The van der Waals surface area contributed by atoms with Crippen molar-refractivity contribution in [3.63, 3.8) is 0 Å². The molecular formula is C15H20N2O. The van der Waals surface area contributed by atoms with E-state index in [0.717, 1.165) is 45.4 Å². The number of nitrogens with zero attached hydrogens (tertiary/aromatic N) is 2. The number of hydrogen-bond acceptors (Lipinski definition) is 3. The molecule has 0 bridgehead atoms. The van der Waals surface area contributed by atoms with E-state index in [1.54, 1.807) is 0 Å². The minimum Gasteiger partial charge on any atom is -0.369 e. The van der Waals surface area contributed by atoms with Crippen molar-refractivity contribution in [1.29, 1.82) is 0 Å². The first-order valence-corrected chi connectivity index (χ1v) is 6.91. The van der Waals surface area contributed by atoms with Crippen molar-refractivity contribution in [3.05, 3.63) is 30.3 Å². The molecule has 0 spiro atoms. The van der Waals surface area contributed by atoms with Gasteiger partial charge >= 0.3 is 0 Å². The first-order chi connectivity index (χ1) is 8.84. The highest BCUT2D eigenvalue weighted by Gasteiger charge is 2.31. The van der Waals surface area contributed by atoms with Gasteiger partial charge in [-0.25, -0.2) is 0 Å². The third-order valence-corrected chi connectivity index (χ3v) is 4.15. The predicted molar refractivity (Wildman–Crippen MR) is 72.9 cm³/mol. The molecule has 1 aromatic carbocycles. The second-order valence-electron chi connectivity index (χ2n) is 5.23. The van der Waals surface area contributed by atoms with E-state index in [1.807, 2.05) is 0 Å². The number of anilines is 1. The predicted octanol–water partition coefficient (Wildman–Crippen LogP) is 1.93. The van der Waals surface area contributed by atoms with Gasteiger partial charge in [0.05, 0.1) is 6.04 Å². The van der Waals surface area contributed by atoms with Crippen molar-refractivity contribution in [2.75, 3.05) is 31.1 Å². The Morgan fingerprint density at radius 2 is 1.72 bits per heavy atom. The van der Waals surface area contributed by atoms with Gasteiger partial charge in [-0.3, -0.25) is 9.69 Å². The lowest BCUT2D eigenvalue weighted by Crippen LogP contribution is -2.51. The van der Waals surface area contributed by atoms with Crippen molar-refractivity contribution in [1.82, 2.24) is 4.90 Å². The van der Waals surface area contributed by atoms with Crippen LogP contribution in [0, 0.1) is 0 Å². The molecule has 1 aromatic rings. The summed E-state index contributed by atoms with van der Waals surface area (Å²) in [4.78, 5) is 16.6. The molecule has 2 fully saturated rings. The Kier molecular flexibility index (Phi) is 3.33. The number of ketones is 1. The van der Waals surface area contributed by atoms with Gasteiger partial charge in [0.25, 0.3) is 0 Å². The maximum atomic E-state index is 11.8. The Balaban J connectivity index is 1.60. The van der Waals surface area contributed by atoms with Crippen LogP contribution in [0.5, 0.6) is 0 Å². The molecule has 1 atom stereocenters. The first kappa shape index (κ1) is 11.7. The summed E-state index contributed by atoms with van der Waals surface area (Å²) >= 11 is 0. The van der Waals surface area contributed by atoms with Crippen LogP contribution < -0.4 is 4.90 Å². The molecule has 1 aliphatic heterocycles. The fourth-order valence-corrected chi connectivity index (χ4v) is 3.11. The highest BCUT2D eigenvalue weighted by atomic mass is 16.1. The molecule has 3 nitrogen and oxygen atoms in total. The summed E-state index contributed by atoms with van der Waals surface area (Å²) in [5.74, 6) is 0.461. The summed E-state index contributed by atoms with van der Waals surface area (Å²) in [6.45, 7) is 4.11. The normalized spacial score (nSPS) is 25.7. The van der Waals surface area contributed by atoms with Crippen LogP contribution in [0.1, 0.15) is 19.3 Å². The number of para-hydroxylation sites is 1. The molecule has 18 heavy (non-hydrogen) atoms. The SMILES string of the molecule is O=C1CCCC1N1CCN(c2ccccc2)CC1. The van der Waals surface area contributed by atoms with Gasteiger partial charge in [-0.15, -0.1) is 0 Å². The summed E-state index contributed by atoms with van der Waals surface area (Å²) in [6.07, 6.45) is 2.95. The molecule has 0 aromatic heterocycles. The van der Waals surface area contributed by atoms with Gasteiger partial charge in [-0.05, 0) is 25.0 Å². The van der Waals surface area contributed by atoms with Crippen LogP contribution in [0.25, 0.3) is 0 Å². The summed E-state index contributed by atoms with van der Waals surface area (Å²) in [6, 6.07) is 10.8. The molecule has 1 heterocycles. The summed E-state index contributed by atoms with van der Waals surface area (Å²) in [7, 11) is 0. The highest BCUT2D eigenvalue weighted by Crippen LogP contribution is 2.23. The summed E-state index contributed by atoms with van der Waals surface area (Å²) < 4.78 is 0. The highest BCUT2D eigenvalue weighted by molar-refractivity contribution is 5.85. The molecule has 1 saturated carbocycles. The van der Waals surface area contributed by atoms with E-state index in [2.05, 4.69) is 40.1 Å². The molecule has 1 unspecified atom stereocenters. The molecular weight excluding hydrogens is 224 g/mol. The van der Waals surface area contributed by atoms with Crippen LogP contribution in [0.15, 0.2) is 30.3 Å². The summed E-state index contributed by atoms with van der Waals surface area (Å²) in [5.41, 5.74) is 1.30. The molecule has 0 N–H and O–H groups in total. The van der Waals surface area contributed by atoms with Gasteiger partial charge < -0.3 is 4.90 Å². The van der Waals surface area contributed by atoms with Gasteiger partial charge in [-0.1, -0.05) is 18.2 Å². The largest absolute Gasteiger partial charge is 0.369 e. The third-order valence-electron chi connectivity index (χ3n) is 4.15. The number of hydrogen-bond donors (Lipinski definition) is 0. The molecule has 2 aliphatic rings. The van der Waals surface area contributed by atoms with Crippen molar-refractivity contribution in [2.24, 2.45) is 0 Å². The Morgan fingerprint density at radius 3 is 2.33 bits per heavy atom. The molecule has 3 rings (SSSR count). The second kappa shape index (κ2) is 5.11. The third kappa shape index (κ3) is 2.27. The number of benzene rings is 1. The van der Waals surface area contributed by atoms with Crippen molar-refractivity contribution < 1.29 is 4.79 Å². The lowest BCUT2D eigenvalue weighted by atomic mass is 10.1. The average Bonchev–Trinajstić information content (AvgIpc) is 2.86. The maximum absolute atomic E-state index is 11.8. The van der Waals surface area contributed by atoms with E-state index in [0.29, 0.717) is 5.78 Å². The fourth-order valence-electron chi connectivity index (χ4n) is 3.11. The van der Waals surface area contributed by atoms with Crippen molar-refractivity contribution >= 4 is 11.5 Å². The lowest BCUT2D eigenvalue weighted by molar-refractivity contribution is -0.122. The van der Waals surface area contributed by atoms with Crippen LogP contribution in [0.3, 0.4) is 0 Å². The number of piperazine rings is 1. The second-order valence-corrected chi connectivity index (χ2v) is 5.23. The van der Waals surface area contributed by atoms with Gasteiger partial charge in [0.2, 0.25) is 0 Å². The van der Waals surface area contributed by atoms with E-state index < -0.39 is 0 Å². The van der Waals surface area contributed by atoms with E-state index in [-0.39, 0.29) is 6.04 Å². The molecule has 3 heteroatoms. The van der Waals surface area contributed by atoms with Crippen LogP contribution in [0.2, 0.25) is 0 Å². The Hall–Kier alpha value is -1.35. The minimum atomic E-state index is 0.225. The number of carbonyl (C=O) groups is 1. The molecule has 0 amide bonds. The van der Waals surface area contributed by atoms with Crippen LogP contribution in [-0.2, 0) is 4.79 Å². The van der Waals surface area contributed by atoms with Gasteiger partial charge in [0.15, 0.2) is 0 Å². The first-order valence-electron chi connectivity index (χ1n) is 6.91. The molecule has 0 radical (unpaired) electrons. The quantitative estimate of drug-likeness (QED) is 0.794. The van der Waals surface area contributed by atoms with Gasteiger partial charge in [0.1, 0.15) is 5.78 Å². The average molecular weight is 244 g/mol. The zero-order valence-corrected chi connectivity index (χ0v) is 10.7. The van der Waals surface area contributed by atoms with Gasteiger partial charge in [0, 0.05) is 38.3 Å². The van der Waals surface area contributed by atoms with E-state index in [1.165, 1.54) is 5.69 Å². The van der Waals surface area contributed by atoms with E-state index >= 15 is 0 Å². The molecule has 96 valence electrons. The monoisotopic (exact) mass is 244 g/mol. The lowest BCUT2D eigenvalue weighted by Gasteiger charge is -2.38. The topological polar surface area (TPSA) is 23.6 Å². The summed E-state index contributed by atoms with van der Waals surface area (Å²) in [5, 5.41) is 0. The number of carbonyl (C=O) groups excluding carboxylic acids is 1. The fraction of sp³-hybridized carbons (Fsp3) is 0.533. The number of Topliss-reactive ketones (excluding diaryl/α,β-unsaturated/α-hetero) is 1. The Labute approximate surface area is 108 Å². The standard InChI is InChI=1S/C15H20N2O/c18-15-8-4-7-14(15)17-11-9-16(10-12-17)13-5-2-1-3-6-13/h1-3,5-6,14H,4,7-12H2. The van der Waals surface area contributed by atoms with Crippen LogP contribution in [-0.4, -0.2) is 42.9 Å². The zero-order valence-electron chi connectivity index (χ0n) is 10.7. The number of rotatable bonds is 2. The Bertz CT molecular complexity index is 410. The minimum absolute atomic E-state index is 0.225. The van der Waals surface area contributed by atoms with Gasteiger partial charge in [-0.2, -0.15) is 0 Å². The van der Waals surface area contributed by atoms with Crippen molar-refractivity contribution in [3.8, 4) is 0 Å². The maximum Gasteiger partial charge on any atom is 0.149 e. The molecule has 1 saturated heterocycles. The Morgan fingerprint density at radius 1 is 1.00 bits per heavy atom. The van der Waals surface area contributed by atoms with E-state index in [9.17, 15) is 4.79 Å². The smallest absolute Gasteiger partial charge is 0.149 e. The van der Waals surface area contributed by atoms with E-state index in [4.69, 9.17) is 0 Å². The molecule has 1 aliphatic carbocycles.